The minimum absolute atomic E-state index is 0.00556. The molecule has 2 amide bonds. The second-order valence-corrected chi connectivity index (χ2v) is 9.42. The number of carbonyl (C=O) groups excluding carboxylic acids is 1. The second kappa shape index (κ2) is 9.63. The van der Waals surface area contributed by atoms with E-state index in [2.05, 4.69) is 28.9 Å². The van der Waals surface area contributed by atoms with Crippen LogP contribution in [0.15, 0.2) is 36.4 Å². The zero-order valence-corrected chi connectivity index (χ0v) is 19.3. The molecule has 0 radical (unpaired) electrons. The number of benzene rings is 1. The average molecular weight is 460 g/mol. The number of aryl methyl sites for hydroxylation is 1. The number of amides is 2. The highest BCUT2D eigenvalue weighted by molar-refractivity contribution is 6.03. The molecule has 1 aliphatic carbocycles. The molecular formula is C25H31F2N3O3. The third-order valence-corrected chi connectivity index (χ3v) is 6.68. The molecule has 6 nitrogen and oxygen atoms in total. The van der Waals surface area contributed by atoms with Crippen LogP contribution in [0, 0.1) is 12.3 Å². The van der Waals surface area contributed by atoms with Crippen molar-refractivity contribution in [2.75, 3.05) is 23.4 Å². The van der Waals surface area contributed by atoms with Gasteiger partial charge in [0, 0.05) is 22.8 Å². The highest BCUT2D eigenvalue weighted by atomic mass is 19.3. The Morgan fingerprint density at radius 3 is 2.48 bits per heavy atom. The number of carbonyl (C=O) groups is 1. The molecule has 1 saturated heterocycles. The number of anilines is 2. The Hall–Kier alpha value is -2.74. The molecule has 33 heavy (non-hydrogen) atoms. The quantitative estimate of drug-likeness (QED) is 0.566. The number of nitrogens with zero attached hydrogens (tertiary/aromatic N) is 2. The van der Waals surface area contributed by atoms with E-state index in [0.29, 0.717) is 5.69 Å². The Balaban J connectivity index is 1.65. The van der Waals surface area contributed by atoms with Crippen LogP contribution in [0.25, 0.3) is 0 Å². The monoisotopic (exact) mass is 459 g/mol. The lowest BCUT2D eigenvalue weighted by Crippen LogP contribution is -2.51. The summed E-state index contributed by atoms with van der Waals surface area (Å²) in [6, 6.07) is 10.7. The lowest BCUT2D eigenvalue weighted by molar-refractivity contribution is -0.132. The lowest BCUT2D eigenvalue weighted by Gasteiger charge is -2.48. The molecule has 1 N–H and O–H groups in total. The average Bonchev–Trinajstić information content (AvgIpc) is 2.75. The largest absolute Gasteiger partial charge is 0.415 e. The van der Waals surface area contributed by atoms with Gasteiger partial charge in [0.1, 0.15) is 5.69 Å². The number of hydrogen-bond acceptors (Lipinski definition) is 4. The third-order valence-electron chi connectivity index (χ3n) is 6.68. The van der Waals surface area contributed by atoms with E-state index in [1.165, 1.54) is 0 Å². The number of aromatic nitrogens is 1. The van der Waals surface area contributed by atoms with Gasteiger partial charge in [-0.05, 0) is 62.3 Å². The maximum Gasteiger partial charge on any atom is 0.388 e. The fourth-order valence-corrected chi connectivity index (χ4v) is 4.80. The van der Waals surface area contributed by atoms with Gasteiger partial charge in [0.2, 0.25) is 5.88 Å². The van der Waals surface area contributed by atoms with Crippen molar-refractivity contribution >= 4 is 17.4 Å². The van der Waals surface area contributed by atoms with Gasteiger partial charge in [-0.15, -0.1) is 0 Å². The van der Waals surface area contributed by atoms with Crippen molar-refractivity contribution in [1.82, 2.24) is 4.98 Å². The van der Waals surface area contributed by atoms with Crippen molar-refractivity contribution < 1.29 is 23.0 Å². The first kappa shape index (κ1) is 23.4. The Bertz CT molecular complexity index is 985. The van der Waals surface area contributed by atoms with Gasteiger partial charge in [0.15, 0.2) is 0 Å². The first-order valence-electron chi connectivity index (χ1n) is 11.5. The van der Waals surface area contributed by atoms with Crippen molar-refractivity contribution in [1.29, 1.82) is 0 Å². The maximum absolute atomic E-state index is 13.7. The van der Waals surface area contributed by atoms with E-state index in [4.69, 9.17) is 4.74 Å². The topological polar surface area (TPSA) is 63.7 Å². The summed E-state index contributed by atoms with van der Waals surface area (Å²) in [5, 5.41) is 2.80. The summed E-state index contributed by atoms with van der Waals surface area (Å²) < 4.78 is 35.9. The highest BCUT2D eigenvalue weighted by Gasteiger charge is 2.44. The molecule has 4 rings (SSSR count). The van der Waals surface area contributed by atoms with Gasteiger partial charge in [-0.3, -0.25) is 4.90 Å². The minimum Gasteiger partial charge on any atom is -0.415 e. The zero-order valence-electron chi connectivity index (χ0n) is 19.3. The number of urea groups is 1. The van der Waals surface area contributed by atoms with Gasteiger partial charge in [0.05, 0.1) is 13.2 Å². The number of halogens is 2. The predicted octanol–water partition coefficient (Wildman–Crippen LogP) is 6.11. The number of alkyl halides is 2. The van der Waals surface area contributed by atoms with Crippen LogP contribution in [0.2, 0.25) is 0 Å². The molecule has 0 bridgehead atoms. The van der Waals surface area contributed by atoms with E-state index < -0.39 is 6.61 Å². The third kappa shape index (κ3) is 5.11. The number of ether oxygens (including phenoxy) is 2. The molecule has 2 heterocycles. The van der Waals surface area contributed by atoms with E-state index in [9.17, 15) is 13.6 Å². The number of hydrogen-bond donors (Lipinski definition) is 1. The summed E-state index contributed by atoms with van der Waals surface area (Å²) >= 11 is 0. The number of para-hydroxylation sites is 1. The van der Waals surface area contributed by atoms with Gasteiger partial charge in [0.25, 0.3) is 0 Å². The van der Waals surface area contributed by atoms with Crippen LogP contribution in [-0.4, -0.2) is 36.9 Å². The molecule has 1 aromatic heterocycles. The Kier molecular flexibility index (Phi) is 6.83. The molecule has 8 heteroatoms. The van der Waals surface area contributed by atoms with Crippen molar-refractivity contribution in [3.63, 3.8) is 0 Å². The lowest BCUT2D eigenvalue weighted by atomic mass is 9.71. The van der Waals surface area contributed by atoms with Gasteiger partial charge in [-0.1, -0.05) is 32.0 Å². The van der Waals surface area contributed by atoms with Gasteiger partial charge < -0.3 is 14.8 Å². The zero-order chi connectivity index (χ0) is 23.6. The summed E-state index contributed by atoms with van der Waals surface area (Å²) in [6.45, 7) is 4.41. The number of rotatable bonds is 6. The molecule has 1 aromatic carbocycles. The van der Waals surface area contributed by atoms with Crippen LogP contribution < -0.4 is 15.0 Å². The van der Waals surface area contributed by atoms with Crippen LogP contribution >= 0.6 is 0 Å². The van der Waals surface area contributed by atoms with Crippen LogP contribution in [0.5, 0.6) is 5.88 Å². The molecule has 0 atom stereocenters. The fourth-order valence-electron chi connectivity index (χ4n) is 4.80. The SMILES string of the molecule is Cc1ccc(NC(=O)N(c2ccccc2C(C)C)C2CCC3(CC2)COC3)c(OC(F)F)n1. The second-order valence-electron chi connectivity index (χ2n) is 9.42. The van der Waals surface area contributed by atoms with Crippen molar-refractivity contribution in [3.8, 4) is 5.88 Å². The van der Waals surface area contributed by atoms with Gasteiger partial charge >= 0.3 is 12.6 Å². The molecule has 0 unspecified atom stereocenters. The molecule has 2 aliphatic rings. The van der Waals surface area contributed by atoms with Crippen molar-refractivity contribution in [2.45, 2.75) is 65.0 Å². The van der Waals surface area contributed by atoms with Crippen LogP contribution in [0.4, 0.5) is 25.0 Å². The molecule has 178 valence electrons. The predicted molar refractivity (Wildman–Crippen MR) is 123 cm³/mol. The molecule has 1 aliphatic heterocycles. The van der Waals surface area contributed by atoms with Gasteiger partial charge in [-0.2, -0.15) is 8.78 Å². The van der Waals surface area contributed by atoms with Crippen molar-refractivity contribution in [2.24, 2.45) is 5.41 Å². The minimum atomic E-state index is -3.04. The molecule has 2 fully saturated rings. The number of pyridine rings is 1. The van der Waals surface area contributed by atoms with E-state index in [0.717, 1.165) is 50.1 Å². The normalized spacial score (nSPS) is 17.8. The van der Waals surface area contributed by atoms with Crippen LogP contribution in [0.3, 0.4) is 0 Å². The summed E-state index contributed by atoms with van der Waals surface area (Å²) in [6.07, 6.45) is 3.71. The molecule has 1 spiro atoms. The first-order chi connectivity index (χ1) is 15.8. The fraction of sp³-hybridized carbons (Fsp3) is 0.520. The van der Waals surface area contributed by atoms with Crippen LogP contribution in [0.1, 0.15) is 56.7 Å². The van der Waals surface area contributed by atoms with E-state index in [1.807, 2.05) is 24.3 Å². The van der Waals surface area contributed by atoms with Gasteiger partial charge in [-0.25, -0.2) is 9.78 Å². The smallest absolute Gasteiger partial charge is 0.388 e. The highest BCUT2D eigenvalue weighted by Crippen LogP contribution is 2.45. The standard InChI is InChI=1S/C25H31F2N3O3/c1-16(2)19-6-4-5-7-21(19)30(18-10-12-25(13-11-18)14-32-15-25)24(31)29-20-9-8-17(3)28-22(20)33-23(26)27/h4-9,16,18,23H,10-15H2,1-3H3,(H,29,31). The summed E-state index contributed by atoms with van der Waals surface area (Å²) in [7, 11) is 0. The first-order valence-corrected chi connectivity index (χ1v) is 11.5. The molecule has 2 aromatic rings. The summed E-state index contributed by atoms with van der Waals surface area (Å²) in [5.41, 5.74) is 2.79. The van der Waals surface area contributed by atoms with Crippen molar-refractivity contribution in [3.05, 3.63) is 47.7 Å². The Morgan fingerprint density at radius 1 is 1.18 bits per heavy atom. The Labute approximate surface area is 193 Å². The Morgan fingerprint density at radius 2 is 1.88 bits per heavy atom. The van der Waals surface area contributed by atoms with E-state index >= 15 is 0 Å². The summed E-state index contributed by atoms with van der Waals surface area (Å²) in [4.78, 5) is 19.5. The maximum atomic E-state index is 13.7. The number of nitrogens with one attached hydrogen (secondary N) is 1. The molecule has 1 saturated carbocycles. The van der Waals surface area contributed by atoms with E-state index in [1.54, 1.807) is 24.0 Å². The van der Waals surface area contributed by atoms with E-state index in [-0.39, 0.29) is 35.0 Å². The molecular weight excluding hydrogens is 428 g/mol. The summed E-state index contributed by atoms with van der Waals surface area (Å²) in [5.74, 6) is -0.0742. The van der Waals surface area contributed by atoms with Crippen LogP contribution in [-0.2, 0) is 4.74 Å².